The molecule has 0 spiro atoms. The quantitative estimate of drug-likeness (QED) is 0.472. The Hall–Kier alpha value is -0.570. The zero-order valence-corrected chi connectivity index (χ0v) is 14.0. The summed E-state index contributed by atoms with van der Waals surface area (Å²) >= 11 is 0. The van der Waals surface area contributed by atoms with Crippen molar-refractivity contribution in [1.29, 1.82) is 0 Å². The van der Waals surface area contributed by atoms with Crippen molar-refractivity contribution in [2.75, 3.05) is 13.2 Å². The van der Waals surface area contributed by atoms with Gasteiger partial charge in [-0.2, -0.15) is 0 Å². The van der Waals surface area contributed by atoms with Crippen LogP contribution in [0.3, 0.4) is 0 Å². The summed E-state index contributed by atoms with van der Waals surface area (Å²) in [5.74, 6) is 0.196. The number of aliphatic hydroxyl groups excluding tert-OH is 1. The highest BCUT2D eigenvalue weighted by Crippen LogP contribution is 2.47. The van der Waals surface area contributed by atoms with Gasteiger partial charge in [-0.05, 0) is 31.1 Å². The van der Waals surface area contributed by atoms with E-state index in [1.165, 1.54) is 51.4 Å². The highest BCUT2D eigenvalue weighted by molar-refractivity contribution is 5.75. The minimum absolute atomic E-state index is 0.196. The average Bonchev–Trinajstić information content (AvgIpc) is 3.24. The fraction of sp³-hybridized carbons (Fsp3) is 0.944. The van der Waals surface area contributed by atoms with Gasteiger partial charge in [-0.15, -0.1) is 0 Å². The van der Waals surface area contributed by atoms with Gasteiger partial charge in [-0.3, -0.25) is 4.79 Å². The van der Waals surface area contributed by atoms with Crippen molar-refractivity contribution >= 4 is 5.91 Å². The number of unbranched alkanes of at least 4 members (excludes halogenated alkanes) is 8. The number of rotatable bonds is 14. The summed E-state index contributed by atoms with van der Waals surface area (Å²) < 4.78 is 0. The average molecular weight is 297 g/mol. The van der Waals surface area contributed by atoms with Crippen LogP contribution in [0.1, 0.15) is 90.4 Å². The molecule has 0 heterocycles. The van der Waals surface area contributed by atoms with Gasteiger partial charge in [-0.25, -0.2) is 0 Å². The van der Waals surface area contributed by atoms with Crippen LogP contribution < -0.4 is 5.32 Å². The summed E-state index contributed by atoms with van der Waals surface area (Å²) in [4.78, 5) is 11.8. The zero-order chi connectivity index (χ0) is 15.4. The van der Waals surface area contributed by atoms with Gasteiger partial charge in [0.15, 0.2) is 0 Å². The van der Waals surface area contributed by atoms with Crippen molar-refractivity contribution in [2.24, 2.45) is 5.41 Å². The third-order valence-corrected chi connectivity index (χ3v) is 4.77. The first kappa shape index (κ1) is 18.5. The van der Waals surface area contributed by atoms with Crippen LogP contribution >= 0.6 is 0 Å². The van der Waals surface area contributed by atoms with Gasteiger partial charge in [0.1, 0.15) is 0 Å². The Bertz CT molecular complexity index is 274. The van der Waals surface area contributed by atoms with Crippen molar-refractivity contribution in [2.45, 2.75) is 90.4 Å². The fourth-order valence-electron chi connectivity index (χ4n) is 2.90. The van der Waals surface area contributed by atoms with Gasteiger partial charge in [0.05, 0.1) is 0 Å². The van der Waals surface area contributed by atoms with Crippen LogP contribution in [0.25, 0.3) is 0 Å². The number of nitrogens with one attached hydrogen (secondary N) is 1. The molecule has 0 saturated heterocycles. The van der Waals surface area contributed by atoms with E-state index in [4.69, 9.17) is 5.11 Å². The van der Waals surface area contributed by atoms with Gasteiger partial charge in [0.25, 0.3) is 0 Å². The molecule has 0 atom stereocenters. The van der Waals surface area contributed by atoms with E-state index in [1.54, 1.807) is 0 Å². The lowest BCUT2D eigenvalue weighted by molar-refractivity contribution is -0.121. The number of aliphatic hydroxyl groups is 1. The molecule has 1 aliphatic rings. The van der Waals surface area contributed by atoms with Crippen molar-refractivity contribution in [3.63, 3.8) is 0 Å². The van der Waals surface area contributed by atoms with Crippen LogP contribution in [0.2, 0.25) is 0 Å². The van der Waals surface area contributed by atoms with E-state index in [9.17, 15) is 4.79 Å². The minimum atomic E-state index is 0.196. The minimum Gasteiger partial charge on any atom is -0.396 e. The van der Waals surface area contributed by atoms with E-state index < -0.39 is 0 Å². The van der Waals surface area contributed by atoms with E-state index in [1.807, 2.05) is 0 Å². The maximum atomic E-state index is 11.8. The zero-order valence-electron chi connectivity index (χ0n) is 14.0. The SMILES string of the molecule is CCCCCCCCCCCC(=O)NCC1(CCO)CC1. The van der Waals surface area contributed by atoms with Gasteiger partial charge in [0.2, 0.25) is 5.91 Å². The van der Waals surface area contributed by atoms with Gasteiger partial charge < -0.3 is 10.4 Å². The Labute approximate surface area is 130 Å². The molecule has 124 valence electrons. The van der Waals surface area contributed by atoms with Crippen molar-refractivity contribution in [3.8, 4) is 0 Å². The molecule has 0 radical (unpaired) electrons. The number of carbonyl (C=O) groups excluding carboxylic acids is 1. The van der Waals surface area contributed by atoms with E-state index in [2.05, 4.69) is 12.2 Å². The fourth-order valence-corrected chi connectivity index (χ4v) is 2.90. The van der Waals surface area contributed by atoms with Crippen molar-refractivity contribution < 1.29 is 9.90 Å². The van der Waals surface area contributed by atoms with Crippen LogP contribution in [-0.4, -0.2) is 24.2 Å². The van der Waals surface area contributed by atoms with E-state index >= 15 is 0 Å². The van der Waals surface area contributed by atoms with Crippen molar-refractivity contribution in [1.82, 2.24) is 5.32 Å². The molecule has 1 amide bonds. The number of amides is 1. The molecule has 1 fully saturated rings. The maximum absolute atomic E-state index is 11.8. The van der Waals surface area contributed by atoms with Crippen LogP contribution in [0.5, 0.6) is 0 Å². The molecule has 1 saturated carbocycles. The molecule has 3 heteroatoms. The number of carbonyl (C=O) groups is 1. The largest absolute Gasteiger partial charge is 0.396 e. The van der Waals surface area contributed by atoms with Crippen LogP contribution in [0.4, 0.5) is 0 Å². The molecule has 0 bridgehead atoms. The Morgan fingerprint density at radius 1 is 1.00 bits per heavy atom. The molecule has 0 aromatic carbocycles. The molecule has 2 N–H and O–H groups in total. The Morgan fingerprint density at radius 2 is 1.57 bits per heavy atom. The highest BCUT2D eigenvalue weighted by Gasteiger charge is 2.41. The Morgan fingerprint density at radius 3 is 2.10 bits per heavy atom. The van der Waals surface area contributed by atoms with E-state index in [0.717, 1.165) is 32.2 Å². The van der Waals surface area contributed by atoms with E-state index in [0.29, 0.717) is 6.42 Å². The van der Waals surface area contributed by atoms with Gasteiger partial charge in [0, 0.05) is 19.6 Å². The molecule has 0 aromatic heterocycles. The molecule has 3 nitrogen and oxygen atoms in total. The molecular formula is C18H35NO2. The molecule has 0 aliphatic heterocycles. The first-order valence-corrected chi connectivity index (χ1v) is 9.10. The lowest BCUT2D eigenvalue weighted by Gasteiger charge is -2.14. The van der Waals surface area contributed by atoms with Gasteiger partial charge >= 0.3 is 0 Å². The second-order valence-electron chi connectivity index (χ2n) is 6.83. The summed E-state index contributed by atoms with van der Waals surface area (Å²) in [7, 11) is 0. The third-order valence-electron chi connectivity index (χ3n) is 4.77. The summed E-state index contributed by atoms with van der Waals surface area (Å²) in [6, 6.07) is 0. The topological polar surface area (TPSA) is 49.3 Å². The predicted molar refractivity (Wildman–Crippen MR) is 88.2 cm³/mol. The van der Waals surface area contributed by atoms with Crippen LogP contribution in [0.15, 0.2) is 0 Å². The standard InChI is InChI=1S/C18H35NO2/c1-2-3-4-5-6-7-8-9-10-11-17(21)19-16-18(12-13-18)14-15-20/h20H,2-16H2,1H3,(H,19,21). The number of hydrogen-bond acceptors (Lipinski definition) is 2. The Kier molecular flexibility index (Phi) is 9.73. The lowest BCUT2D eigenvalue weighted by Crippen LogP contribution is -2.30. The normalized spacial score (nSPS) is 15.9. The molecule has 1 aliphatic carbocycles. The molecule has 21 heavy (non-hydrogen) atoms. The summed E-state index contributed by atoms with van der Waals surface area (Å²) in [5, 5.41) is 12.0. The lowest BCUT2D eigenvalue weighted by atomic mass is 10.0. The van der Waals surface area contributed by atoms with Gasteiger partial charge in [-0.1, -0.05) is 58.3 Å². The maximum Gasteiger partial charge on any atom is 0.220 e. The van der Waals surface area contributed by atoms with Crippen LogP contribution in [-0.2, 0) is 4.79 Å². The molecular weight excluding hydrogens is 262 g/mol. The third kappa shape index (κ3) is 9.13. The molecule has 0 aromatic rings. The summed E-state index contributed by atoms with van der Waals surface area (Å²) in [6.07, 6.45) is 15.4. The monoisotopic (exact) mass is 297 g/mol. The highest BCUT2D eigenvalue weighted by atomic mass is 16.3. The van der Waals surface area contributed by atoms with Crippen LogP contribution in [0, 0.1) is 5.41 Å². The second kappa shape index (κ2) is 11.1. The summed E-state index contributed by atoms with van der Waals surface area (Å²) in [6.45, 7) is 3.26. The summed E-state index contributed by atoms with van der Waals surface area (Å²) in [5.41, 5.74) is 0.239. The first-order valence-electron chi connectivity index (χ1n) is 9.10. The first-order chi connectivity index (χ1) is 10.2. The smallest absolute Gasteiger partial charge is 0.220 e. The molecule has 1 rings (SSSR count). The predicted octanol–water partition coefficient (Wildman–Crippen LogP) is 4.19. The van der Waals surface area contributed by atoms with E-state index in [-0.39, 0.29) is 17.9 Å². The Balaban J connectivity index is 1.85. The van der Waals surface area contributed by atoms with Crippen molar-refractivity contribution in [3.05, 3.63) is 0 Å². The molecule has 0 unspecified atom stereocenters. The second-order valence-corrected chi connectivity index (χ2v) is 6.83. The number of hydrogen-bond donors (Lipinski definition) is 2.